The normalized spacial score (nSPS) is 11.2. The molecule has 0 saturated carbocycles. The van der Waals surface area contributed by atoms with Crippen LogP contribution >= 0.6 is 11.3 Å². The highest BCUT2D eigenvalue weighted by atomic mass is 32.1. The summed E-state index contributed by atoms with van der Waals surface area (Å²) in [6.07, 6.45) is 4.30. The summed E-state index contributed by atoms with van der Waals surface area (Å²) in [6.45, 7) is 1.75. The Morgan fingerprint density at radius 1 is 1.40 bits per heavy atom. The van der Waals surface area contributed by atoms with E-state index < -0.39 is 11.8 Å². The van der Waals surface area contributed by atoms with Crippen LogP contribution < -0.4 is 10.7 Å². The number of halogens is 1. The lowest BCUT2D eigenvalue weighted by molar-refractivity contribution is 0.243. The molecule has 0 radical (unpaired) electrons. The van der Waals surface area contributed by atoms with E-state index >= 15 is 0 Å². The van der Waals surface area contributed by atoms with Crippen LogP contribution in [0.1, 0.15) is 11.8 Å². The highest BCUT2D eigenvalue weighted by Crippen LogP contribution is 2.25. The summed E-state index contributed by atoms with van der Waals surface area (Å²) in [5, 5.41) is 6.96. The second kappa shape index (κ2) is 6.20. The number of rotatable bonds is 3. The highest BCUT2D eigenvalue weighted by molar-refractivity contribution is 7.17. The molecule has 20 heavy (non-hydrogen) atoms. The number of amides is 2. The Balaban J connectivity index is 2.18. The van der Waals surface area contributed by atoms with Gasteiger partial charge in [0.25, 0.3) is 0 Å². The minimum absolute atomic E-state index is 0.400. The van der Waals surface area contributed by atoms with Crippen LogP contribution in [-0.2, 0) is 0 Å². The van der Waals surface area contributed by atoms with Crippen molar-refractivity contribution in [3.05, 3.63) is 35.4 Å². The van der Waals surface area contributed by atoms with Gasteiger partial charge in [0, 0.05) is 25.0 Å². The molecule has 2 aromatic heterocycles. The average Bonchev–Trinajstić information content (AvgIpc) is 2.94. The van der Waals surface area contributed by atoms with Gasteiger partial charge in [-0.1, -0.05) is 0 Å². The predicted molar refractivity (Wildman–Crippen MR) is 75.1 cm³/mol. The zero-order chi connectivity index (χ0) is 14.5. The number of urea groups is 1. The molecule has 2 rings (SSSR count). The number of aromatic nitrogens is 2. The molecule has 0 saturated heterocycles. The van der Waals surface area contributed by atoms with E-state index in [0.717, 1.165) is 11.1 Å². The number of hydrogen-bond acceptors (Lipinski definition) is 5. The van der Waals surface area contributed by atoms with Crippen molar-refractivity contribution in [3.8, 4) is 10.6 Å². The van der Waals surface area contributed by atoms with Gasteiger partial charge < -0.3 is 5.32 Å². The summed E-state index contributed by atoms with van der Waals surface area (Å²) in [5.74, 6) is -0.411. The Morgan fingerprint density at radius 2 is 2.20 bits per heavy atom. The molecule has 0 aliphatic heterocycles. The van der Waals surface area contributed by atoms with E-state index in [1.807, 2.05) is 0 Å². The fraction of sp³-hybridized carbons (Fsp3) is 0.167. The fourth-order valence-corrected chi connectivity index (χ4v) is 2.19. The maximum Gasteiger partial charge on any atom is 0.334 e. The van der Waals surface area contributed by atoms with Gasteiger partial charge in [-0.2, -0.15) is 5.10 Å². The lowest BCUT2D eigenvalue weighted by Gasteiger charge is -1.98. The summed E-state index contributed by atoms with van der Waals surface area (Å²) >= 11 is 1.34. The van der Waals surface area contributed by atoms with Crippen LogP contribution in [0, 0.1) is 5.82 Å². The van der Waals surface area contributed by atoms with E-state index in [9.17, 15) is 9.18 Å². The first kappa shape index (κ1) is 14.1. The second-order valence-corrected chi connectivity index (χ2v) is 4.84. The molecular weight excluding hydrogens is 281 g/mol. The molecule has 0 unspecified atom stereocenters. The van der Waals surface area contributed by atoms with Crippen LogP contribution in [0.15, 0.2) is 29.8 Å². The van der Waals surface area contributed by atoms with Gasteiger partial charge in [0.2, 0.25) is 0 Å². The first-order valence-electron chi connectivity index (χ1n) is 5.69. The van der Waals surface area contributed by atoms with Crippen molar-refractivity contribution >= 4 is 23.1 Å². The molecule has 2 heterocycles. The largest absolute Gasteiger partial charge is 0.340 e. The molecule has 2 aromatic rings. The monoisotopic (exact) mass is 293 g/mol. The van der Waals surface area contributed by atoms with Crippen molar-refractivity contribution in [2.75, 3.05) is 7.05 Å². The lowest BCUT2D eigenvalue weighted by atomic mass is 10.3. The number of hydrogen-bond donors (Lipinski definition) is 2. The van der Waals surface area contributed by atoms with Crippen LogP contribution in [0.25, 0.3) is 10.6 Å². The summed E-state index contributed by atoms with van der Waals surface area (Å²) in [4.78, 5) is 19.8. The Morgan fingerprint density at radius 3 is 2.90 bits per heavy atom. The zero-order valence-corrected chi connectivity index (χ0v) is 11.7. The lowest BCUT2D eigenvalue weighted by Crippen LogP contribution is -2.29. The first-order chi connectivity index (χ1) is 9.60. The van der Waals surface area contributed by atoms with Crippen molar-refractivity contribution in [1.29, 1.82) is 0 Å². The molecule has 0 aromatic carbocycles. The third kappa shape index (κ3) is 3.35. The maximum absolute atomic E-state index is 13.1. The van der Waals surface area contributed by atoms with Crippen molar-refractivity contribution in [3.63, 3.8) is 0 Å². The molecule has 0 aliphatic carbocycles. The SMILES string of the molecule is CNC(=O)NN=C(C)c1cnc(-c2cncc(F)c2)s1. The maximum atomic E-state index is 13.1. The van der Waals surface area contributed by atoms with Crippen LogP contribution in [0.4, 0.5) is 9.18 Å². The number of pyridine rings is 1. The van der Waals surface area contributed by atoms with Crippen LogP contribution in [0.2, 0.25) is 0 Å². The Bertz CT molecular complexity index is 655. The summed E-state index contributed by atoms with van der Waals surface area (Å²) in [6, 6.07) is 0.966. The standard InChI is InChI=1S/C12H12FN5OS/c1-7(17-18-12(19)14-2)10-6-16-11(20-10)8-3-9(13)5-15-4-8/h3-6H,1-2H3,(H2,14,18,19). The quantitative estimate of drug-likeness (QED) is 0.671. The predicted octanol–water partition coefficient (Wildman–Crippen LogP) is 2.00. The van der Waals surface area contributed by atoms with E-state index in [0.29, 0.717) is 16.3 Å². The van der Waals surface area contributed by atoms with Gasteiger partial charge in [-0.25, -0.2) is 19.6 Å². The molecule has 0 spiro atoms. The molecule has 0 atom stereocenters. The first-order valence-corrected chi connectivity index (χ1v) is 6.51. The molecule has 2 N–H and O–H groups in total. The number of hydrazone groups is 1. The van der Waals surface area contributed by atoms with Crippen molar-refractivity contribution in [1.82, 2.24) is 20.7 Å². The molecule has 0 fully saturated rings. The van der Waals surface area contributed by atoms with E-state index in [1.54, 1.807) is 19.3 Å². The third-order valence-corrected chi connectivity index (χ3v) is 3.52. The third-order valence-electron chi connectivity index (χ3n) is 2.37. The Hall–Kier alpha value is -2.35. The molecule has 0 bridgehead atoms. The van der Waals surface area contributed by atoms with Crippen molar-refractivity contribution in [2.45, 2.75) is 6.92 Å². The van der Waals surface area contributed by atoms with Crippen LogP contribution in [-0.4, -0.2) is 28.8 Å². The van der Waals surface area contributed by atoms with Crippen LogP contribution in [0.5, 0.6) is 0 Å². The van der Waals surface area contributed by atoms with Crippen molar-refractivity contribution in [2.24, 2.45) is 5.10 Å². The number of thiazole rings is 1. The molecule has 6 nitrogen and oxygen atoms in total. The van der Waals surface area contributed by atoms with Gasteiger partial charge in [0.05, 0.1) is 16.8 Å². The smallest absolute Gasteiger partial charge is 0.334 e. The molecule has 0 aliphatic rings. The minimum Gasteiger partial charge on any atom is -0.340 e. The number of nitrogens with zero attached hydrogens (tertiary/aromatic N) is 3. The zero-order valence-electron chi connectivity index (χ0n) is 10.8. The fourth-order valence-electron chi connectivity index (χ4n) is 1.35. The second-order valence-electron chi connectivity index (χ2n) is 3.81. The Kier molecular flexibility index (Phi) is 4.36. The van der Waals surface area contributed by atoms with Crippen LogP contribution in [0.3, 0.4) is 0 Å². The molecular formula is C12H12FN5OS. The Labute approximate surface area is 118 Å². The molecule has 2 amide bonds. The number of nitrogens with one attached hydrogen (secondary N) is 2. The highest BCUT2D eigenvalue weighted by Gasteiger charge is 2.08. The molecule has 8 heteroatoms. The average molecular weight is 293 g/mol. The van der Waals surface area contributed by atoms with Gasteiger partial charge in [-0.3, -0.25) is 4.98 Å². The summed E-state index contributed by atoms with van der Waals surface area (Å²) in [5.41, 5.74) is 3.55. The van der Waals surface area contributed by atoms with Gasteiger partial charge in [-0.15, -0.1) is 11.3 Å². The molecule has 104 valence electrons. The summed E-state index contributed by atoms with van der Waals surface area (Å²) < 4.78 is 13.1. The van der Waals surface area contributed by atoms with E-state index in [1.165, 1.54) is 24.5 Å². The topological polar surface area (TPSA) is 79.3 Å². The van der Waals surface area contributed by atoms with Gasteiger partial charge >= 0.3 is 6.03 Å². The number of carbonyl (C=O) groups is 1. The van der Waals surface area contributed by atoms with Gasteiger partial charge in [0.1, 0.15) is 10.8 Å². The van der Waals surface area contributed by atoms with E-state index in [2.05, 4.69) is 25.8 Å². The van der Waals surface area contributed by atoms with E-state index in [-0.39, 0.29) is 0 Å². The van der Waals surface area contributed by atoms with Gasteiger partial charge in [0.15, 0.2) is 0 Å². The number of carbonyl (C=O) groups excluding carboxylic acids is 1. The van der Waals surface area contributed by atoms with Crippen molar-refractivity contribution < 1.29 is 9.18 Å². The van der Waals surface area contributed by atoms with E-state index in [4.69, 9.17) is 0 Å². The minimum atomic E-state index is -0.411. The summed E-state index contributed by atoms with van der Waals surface area (Å²) in [7, 11) is 1.50. The van der Waals surface area contributed by atoms with Gasteiger partial charge in [-0.05, 0) is 13.0 Å².